The SMILES string of the molecule is NC(CO)Cn1cnnc1. The Morgan fingerprint density at radius 2 is 2.10 bits per heavy atom. The van der Waals surface area contributed by atoms with Gasteiger partial charge in [0.25, 0.3) is 0 Å². The zero-order valence-electron chi connectivity index (χ0n) is 5.51. The Labute approximate surface area is 58.5 Å². The second-order valence-corrected chi connectivity index (χ2v) is 2.10. The van der Waals surface area contributed by atoms with E-state index in [1.54, 1.807) is 17.2 Å². The van der Waals surface area contributed by atoms with Crippen LogP contribution < -0.4 is 5.73 Å². The summed E-state index contributed by atoms with van der Waals surface area (Å²) in [6.07, 6.45) is 3.13. The normalized spacial score (nSPS) is 13.4. The Balaban J connectivity index is 2.40. The van der Waals surface area contributed by atoms with Crippen LogP contribution >= 0.6 is 0 Å². The molecule has 0 saturated heterocycles. The maximum atomic E-state index is 8.55. The minimum absolute atomic E-state index is 0.0157. The smallest absolute Gasteiger partial charge is 0.119 e. The standard InChI is InChI=1S/C5H10N4O/c6-5(2-10)1-9-3-7-8-4-9/h3-5,10H,1-2,6H2. The summed E-state index contributed by atoms with van der Waals surface area (Å²) in [5.41, 5.74) is 5.44. The highest BCUT2D eigenvalue weighted by Gasteiger charge is 1.99. The van der Waals surface area contributed by atoms with Crippen molar-refractivity contribution in [2.24, 2.45) is 5.73 Å². The fourth-order valence-corrected chi connectivity index (χ4v) is 0.645. The van der Waals surface area contributed by atoms with Crippen molar-refractivity contribution < 1.29 is 5.11 Å². The second-order valence-electron chi connectivity index (χ2n) is 2.10. The summed E-state index contributed by atoms with van der Waals surface area (Å²) in [7, 11) is 0. The number of aliphatic hydroxyl groups excluding tert-OH is 1. The lowest BCUT2D eigenvalue weighted by Crippen LogP contribution is -2.29. The third-order valence-electron chi connectivity index (χ3n) is 1.15. The highest BCUT2D eigenvalue weighted by atomic mass is 16.3. The van der Waals surface area contributed by atoms with Crippen LogP contribution in [0, 0.1) is 0 Å². The summed E-state index contributed by atoms with van der Waals surface area (Å²) in [6.45, 7) is 0.543. The van der Waals surface area contributed by atoms with Gasteiger partial charge >= 0.3 is 0 Å². The number of hydrogen-bond acceptors (Lipinski definition) is 4. The maximum Gasteiger partial charge on any atom is 0.119 e. The van der Waals surface area contributed by atoms with Crippen LogP contribution in [0.3, 0.4) is 0 Å². The highest BCUT2D eigenvalue weighted by molar-refractivity contribution is 4.66. The largest absolute Gasteiger partial charge is 0.395 e. The van der Waals surface area contributed by atoms with E-state index in [-0.39, 0.29) is 12.6 Å². The zero-order chi connectivity index (χ0) is 7.40. The van der Waals surface area contributed by atoms with Gasteiger partial charge in [0, 0.05) is 12.6 Å². The number of nitrogens with zero attached hydrogens (tertiary/aromatic N) is 3. The molecule has 0 aliphatic rings. The van der Waals surface area contributed by atoms with Gasteiger partial charge in [-0.1, -0.05) is 0 Å². The molecule has 0 radical (unpaired) electrons. The molecular weight excluding hydrogens is 132 g/mol. The van der Waals surface area contributed by atoms with Crippen LogP contribution in [0.25, 0.3) is 0 Å². The molecule has 0 saturated carbocycles. The summed E-state index contributed by atoms with van der Waals surface area (Å²) >= 11 is 0. The molecule has 0 fully saturated rings. The van der Waals surface area contributed by atoms with Gasteiger partial charge in [-0.3, -0.25) is 0 Å². The van der Waals surface area contributed by atoms with Gasteiger partial charge in [-0.05, 0) is 0 Å². The van der Waals surface area contributed by atoms with Crippen LogP contribution in [0.15, 0.2) is 12.7 Å². The topological polar surface area (TPSA) is 77.0 Å². The molecule has 5 nitrogen and oxygen atoms in total. The average molecular weight is 142 g/mol. The molecule has 1 aromatic heterocycles. The Bertz CT molecular complexity index is 174. The van der Waals surface area contributed by atoms with Gasteiger partial charge in [-0.2, -0.15) is 0 Å². The van der Waals surface area contributed by atoms with E-state index >= 15 is 0 Å². The summed E-state index contributed by atoms with van der Waals surface area (Å²) in [4.78, 5) is 0. The molecular formula is C5H10N4O. The number of nitrogens with two attached hydrogens (primary N) is 1. The van der Waals surface area contributed by atoms with Gasteiger partial charge in [0.05, 0.1) is 6.61 Å². The van der Waals surface area contributed by atoms with Gasteiger partial charge in [0.15, 0.2) is 0 Å². The van der Waals surface area contributed by atoms with Crippen molar-refractivity contribution in [1.82, 2.24) is 14.8 Å². The molecule has 0 aliphatic heterocycles. The lowest BCUT2D eigenvalue weighted by molar-refractivity contribution is 0.254. The lowest BCUT2D eigenvalue weighted by Gasteiger charge is -2.06. The van der Waals surface area contributed by atoms with Gasteiger partial charge in [-0.15, -0.1) is 10.2 Å². The maximum absolute atomic E-state index is 8.55. The Morgan fingerprint density at radius 3 is 2.60 bits per heavy atom. The fraction of sp³-hybridized carbons (Fsp3) is 0.600. The van der Waals surface area contributed by atoms with Crippen LogP contribution in [-0.4, -0.2) is 32.5 Å². The minimum Gasteiger partial charge on any atom is -0.395 e. The second kappa shape index (κ2) is 3.28. The third kappa shape index (κ3) is 1.78. The van der Waals surface area contributed by atoms with E-state index in [9.17, 15) is 0 Å². The molecule has 10 heavy (non-hydrogen) atoms. The first-order valence-corrected chi connectivity index (χ1v) is 3.02. The van der Waals surface area contributed by atoms with Crippen molar-refractivity contribution in [2.45, 2.75) is 12.6 Å². The summed E-state index contributed by atoms with van der Waals surface area (Å²) < 4.78 is 1.72. The Morgan fingerprint density at radius 1 is 1.50 bits per heavy atom. The first-order chi connectivity index (χ1) is 4.83. The van der Waals surface area contributed by atoms with Gasteiger partial charge < -0.3 is 15.4 Å². The molecule has 1 unspecified atom stereocenters. The molecule has 1 rings (SSSR count). The molecule has 56 valence electrons. The van der Waals surface area contributed by atoms with Crippen molar-refractivity contribution in [2.75, 3.05) is 6.61 Å². The van der Waals surface area contributed by atoms with E-state index in [1.807, 2.05) is 0 Å². The third-order valence-corrected chi connectivity index (χ3v) is 1.15. The zero-order valence-corrected chi connectivity index (χ0v) is 5.51. The van der Waals surface area contributed by atoms with E-state index in [2.05, 4.69) is 10.2 Å². The molecule has 1 heterocycles. The molecule has 3 N–H and O–H groups in total. The molecule has 1 atom stereocenters. The molecule has 0 aliphatic carbocycles. The van der Waals surface area contributed by atoms with Crippen molar-refractivity contribution in [1.29, 1.82) is 0 Å². The number of rotatable bonds is 3. The number of aliphatic hydroxyl groups is 1. The summed E-state index contributed by atoms with van der Waals surface area (Å²) in [5.74, 6) is 0. The van der Waals surface area contributed by atoms with Crippen LogP contribution in [0.5, 0.6) is 0 Å². The Hall–Kier alpha value is -0.940. The van der Waals surface area contributed by atoms with Crippen LogP contribution in [0.1, 0.15) is 0 Å². The van der Waals surface area contributed by atoms with Gasteiger partial charge in [0.1, 0.15) is 12.7 Å². The van der Waals surface area contributed by atoms with E-state index in [1.165, 1.54) is 0 Å². The predicted molar refractivity (Wildman–Crippen MR) is 35.1 cm³/mol. The van der Waals surface area contributed by atoms with Crippen molar-refractivity contribution in [3.8, 4) is 0 Å². The molecule has 0 bridgehead atoms. The summed E-state index contributed by atoms with van der Waals surface area (Å²) in [5, 5.41) is 15.7. The lowest BCUT2D eigenvalue weighted by atomic mass is 10.3. The molecule has 1 aromatic rings. The monoisotopic (exact) mass is 142 g/mol. The fourth-order valence-electron chi connectivity index (χ4n) is 0.645. The quantitative estimate of drug-likeness (QED) is 0.544. The highest BCUT2D eigenvalue weighted by Crippen LogP contribution is 1.85. The van der Waals surface area contributed by atoms with E-state index in [0.29, 0.717) is 6.54 Å². The molecule has 0 spiro atoms. The number of hydrogen-bond donors (Lipinski definition) is 2. The average Bonchev–Trinajstić information content (AvgIpc) is 2.40. The van der Waals surface area contributed by atoms with Crippen LogP contribution in [0.2, 0.25) is 0 Å². The van der Waals surface area contributed by atoms with Crippen molar-refractivity contribution >= 4 is 0 Å². The first kappa shape index (κ1) is 7.17. The van der Waals surface area contributed by atoms with E-state index < -0.39 is 0 Å². The van der Waals surface area contributed by atoms with Gasteiger partial charge in [0.2, 0.25) is 0 Å². The minimum atomic E-state index is -0.226. The van der Waals surface area contributed by atoms with Gasteiger partial charge in [-0.25, -0.2) is 0 Å². The first-order valence-electron chi connectivity index (χ1n) is 3.02. The Kier molecular flexibility index (Phi) is 2.35. The molecule has 5 heteroatoms. The predicted octanol–water partition coefficient (Wildman–Crippen LogP) is -1.40. The molecule has 0 aromatic carbocycles. The van der Waals surface area contributed by atoms with E-state index in [4.69, 9.17) is 10.8 Å². The van der Waals surface area contributed by atoms with Crippen molar-refractivity contribution in [3.05, 3.63) is 12.7 Å². The number of aromatic nitrogens is 3. The van der Waals surface area contributed by atoms with Crippen LogP contribution in [0.4, 0.5) is 0 Å². The summed E-state index contributed by atoms with van der Waals surface area (Å²) in [6, 6.07) is -0.226. The van der Waals surface area contributed by atoms with E-state index in [0.717, 1.165) is 0 Å². The van der Waals surface area contributed by atoms with Crippen LogP contribution in [-0.2, 0) is 6.54 Å². The molecule has 0 amide bonds. The van der Waals surface area contributed by atoms with Crippen molar-refractivity contribution in [3.63, 3.8) is 0 Å².